The summed E-state index contributed by atoms with van der Waals surface area (Å²) in [6.07, 6.45) is 5.20. The maximum Gasteiger partial charge on any atom is 0.355 e. The molecule has 2 saturated heterocycles. The zero-order chi connectivity index (χ0) is 49.7. The maximum atomic E-state index is 14.7. The molecule has 4 amide bonds. The lowest BCUT2D eigenvalue weighted by Crippen LogP contribution is -2.67. The van der Waals surface area contributed by atoms with Crippen molar-refractivity contribution in [2.24, 2.45) is 22.2 Å². The van der Waals surface area contributed by atoms with Gasteiger partial charge >= 0.3 is 5.97 Å². The molecule has 16 heteroatoms. The summed E-state index contributed by atoms with van der Waals surface area (Å²) < 4.78 is 13.7. The van der Waals surface area contributed by atoms with E-state index in [1.54, 1.807) is 31.3 Å². The predicted octanol–water partition coefficient (Wildman–Crippen LogP) is 5.34. The van der Waals surface area contributed by atoms with Crippen LogP contribution in [0.25, 0.3) is 27.6 Å². The van der Waals surface area contributed by atoms with Crippen molar-refractivity contribution in [3.63, 3.8) is 0 Å². The Morgan fingerprint density at radius 3 is 2.51 bits per heavy atom. The number of esters is 1. The van der Waals surface area contributed by atoms with Gasteiger partial charge in [-0.2, -0.15) is 10.7 Å². The number of ether oxygens (including phenoxy) is 2. The minimum atomic E-state index is -2.27. The van der Waals surface area contributed by atoms with Crippen molar-refractivity contribution in [3.8, 4) is 17.2 Å². The highest BCUT2D eigenvalue weighted by Gasteiger charge is 2.46. The number of likely N-dealkylation sites (N-methyl/N-ethyl adjacent to an activating group) is 1. The van der Waals surface area contributed by atoms with E-state index in [0.29, 0.717) is 36.2 Å². The lowest BCUT2D eigenvalue weighted by molar-refractivity contribution is -0.189. The number of aliphatic imine (C=N–C) groups is 1. The third-order valence-corrected chi connectivity index (χ3v) is 13.2. The number of rotatable bonds is 12. The van der Waals surface area contributed by atoms with E-state index in [0.717, 1.165) is 33.3 Å². The molecular formula is C52H66N8O8. The number of hydrogen-bond acceptors (Lipinski definition) is 11. The Balaban J connectivity index is 1.48. The van der Waals surface area contributed by atoms with E-state index < -0.39 is 53.0 Å². The fourth-order valence-corrected chi connectivity index (χ4v) is 9.74. The number of carbonyl (C=O) groups excluding carboxylic acids is 5. The summed E-state index contributed by atoms with van der Waals surface area (Å²) in [7, 11) is 3.16. The molecule has 5 atom stereocenters. The van der Waals surface area contributed by atoms with Crippen LogP contribution in [0.1, 0.15) is 77.6 Å². The number of methoxy groups -OCH3 is 1. The van der Waals surface area contributed by atoms with Gasteiger partial charge in [-0.15, -0.1) is 0 Å². The molecule has 6 bridgehead atoms. The van der Waals surface area contributed by atoms with Crippen molar-refractivity contribution in [3.05, 3.63) is 90.3 Å². The van der Waals surface area contributed by atoms with Crippen molar-refractivity contribution < 1.29 is 38.6 Å². The molecule has 3 aliphatic rings. The molecule has 3 aliphatic heterocycles. The minimum Gasteiger partial charge on any atom is -0.462 e. The summed E-state index contributed by atoms with van der Waals surface area (Å²) >= 11 is 0. The Bertz CT molecular complexity index is 2570. The molecule has 16 nitrogen and oxygen atoms in total. The average Bonchev–Trinajstić information content (AvgIpc) is 3.92. The van der Waals surface area contributed by atoms with E-state index in [4.69, 9.17) is 14.5 Å². The van der Waals surface area contributed by atoms with Crippen LogP contribution < -0.4 is 10.7 Å². The lowest BCUT2D eigenvalue weighted by atomic mass is 9.84. The monoisotopic (exact) mass is 931 g/mol. The van der Waals surface area contributed by atoms with E-state index in [1.807, 2.05) is 82.5 Å². The van der Waals surface area contributed by atoms with Crippen molar-refractivity contribution in [1.82, 2.24) is 30.1 Å². The third-order valence-electron chi connectivity index (χ3n) is 13.2. The Morgan fingerprint density at radius 2 is 1.85 bits per heavy atom. The van der Waals surface area contributed by atoms with Crippen LogP contribution in [0, 0.1) is 28.6 Å². The summed E-state index contributed by atoms with van der Waals surface area (Å²) in [5.41, 5.74) is 5.80. The number of benzene rings is 2. The Kier molecular flexibility index (Phi) is 15.9. The molecule has 2 aromatic carbocycles. The molecule has 0 aliphatic carbocycles. The number of hydrazine groups is 1. The lowest BCUT2D eigenvalue weighted by Gasteiger charge is -2.40. The first-order chi connectivity index (χ1) is 32.3. The highest BCUT2D eigenvalue weighted by atomic mass is 16.6. The number of hydrogen-bond donors (Lipinski definition) is 3. The van der Waals surface area contributed by atoms with Crippen LogP contribution in [0.3, 0.4) is 0 Å². The molecule has 6 rings (SSSR count). The molecular weight excluding hydrogens is 865 g/mol. The number of likely N-dealkylation sites (tertiary alicyclic amines) is 1. The highest BCUT2D eigenvalue weighted by Crippen LogP contribution is 2.40. The highest BCUT2D eigenvalue weighted by molar-refractivity contribution is 5.96. The number of amides is 4. The summed E-state index contributed by atoms with van der Waals surface area (Å²) in [6.45, 7) is 19.6. The largest absolute Gasteiger partial charge is 0.462 e. The standard InChI is InChI=1S/C52H66N8O8/c1-11-38(44(54-13-3)33(6)67-10)46-40-29-51(7,8)31-68-50(65)52(66)21-15-23-60(56-52)49(64)41(27-34-16-14-17-35(26-34)36-18-19-42(39(40)28-36)59(46)25-22-53)55-47(62)45(32(4)5)57(9)48(63)37-20-24-58(30-37)43(61)12-2/h11-14,16-19,26,28,32-33,37,41,45,56,66H,1-2,15,20-21,23-25,27,29-31H2,3-10H3,(H,55,62)/b44-38+,54-13-/t33-,37-,41-,45-,52-/m0/s1. The fourth-order valence-electron chi connectivity index (χ4n) is 9.74. The van der Waals surface area contributed by atoms with Gasteiger partial charge in [-0.1, -0.05) is 77.3 Å². The number of allylic oxidation sites excluding steroid dienone is 2. The third kappa shape index (κ3) is 10.7. The minimum absolute atomic E-state index is 0.00574. The molecule has 362 valence electrons. The number of nitrogens with one attached hydrogen (secondary N) is 2. The molecule has 0 unspecified atom stereocenters. The van der Waals surface area contributed by atoms with Gasteiger partial charge in [0.25, 0.3) is 5.91 Å². The van der Waals surface area contributed by atoms with Gasteiger partial charge in [0.2, 0.25) is 23.4 Å². The van der Waals surface area contributed by atoms with E-state index in [9.17, 15) is 34.3 Å². The Hall–Kier alpha value is -6.41. The second-order valence-corrected chi connectivity index (χ2v) is 19.1. The molecule has 3 N–H and O–H groups in total. The quantitative estimate of drug-likeness (QED) is 0.0923. The molecule has 2 fully saturated rings. The van der Waals surface area contributed by atoms with Crippen molar-refractivity contribution in [2.45, 2.75) is 104 Å². The van der Waals surface area contributed by atoms with E-state index in [1.165, 1.54) is 16.0 Å². The summed E-state index contributed by atoms with van der Waals surface area (Å²) in [4.78, 5) is 77.2. The van der Waals surface area contributed by atoms with E-state index in [2.05, 4.69) is 36.0 Å². The summed E-state index contributed by atoms with van der Waals surface area (Å²) in [6, 6.07) is 13.8. The van der Waals surface area contributed by atoms with Crippen LogP contribution in [0.5, 0.6) is 0 Å². The van der Waals surface area contributed by atoms with Gasteiger partial charge in [0, 0.05) is 74.7 Å². The summed E-state index contributed by atoms with van der Waals surface area (Å²) in [5.74, 6) is -3.57. The first-order valence-electron chi connectivity index (χ1n) is 23.3. The molecule has 68 heavy (non-hydrogen) atoms. The number of fused-ring (bicyclic) bond motifs is 6. The molecule has 0 spiro atoms. The number of carbonyl (C=O) groups is 5. The number of nitriles is 1. The summed E-state index contributed by atoms with van der Waals surface area (Å²) in [5, 5.41) is 27.1. The van der Waals surface area contributed by atoms with Gasteiger partial charge < -0.3 is 34.3 Å². The number of cyclic esters (lactones) is 1. The van der Waals surface area contributed by atoms with Crippen LogP contribution >= 0.6 is 0 Å². The smallest absolute Gasteiger partial charge is 0.355 e. The van der Waals surface area contributed by atoms with Crippen LogP contribution in [-0.4, -0.2) is 125 Å². The van der Waals surface area contributed by atoms with Crippen molar-refractivity contribution in [2.75, 3.05) is 40.4 Å². The van der Waals surface area contributed by atoms with Crippen molar-refractivity contribution in [1.29, 1.82) is 5.26 Å². The Labute approximate surface area is 399 Å². The maximum absolute atomic E-state index is 14.7. The molecule has 1 aromatic heterocycles. The molecule has 0 saturated carbocycles. The van der Waals surface area contributed by atoms with Gasteiger partial charge in [0.05, 0.1) is 36.1 Å². The number of aromatic nitrogens is 1. The molecule has 0 radical (unpaired) electrons. The second-order valence-electron chi connectivity index (χ2n) is 19.1. The van der Waals surface area contributed by atoms with Gasteiger partial charge in [-0.05, 0) is 79.5 Å². The van der Waals surface area contributed by atoms with Gasteiger partial charge in [-0.25, -0.2) is 4.79 Å². The number of nitrogens with zero attached hydrogens (tertiary/aromatic N) is 6. The van der Waals surface area contributed by atoms with Crippen molar-refractivity contribution >= 4 is 52.3 Å². The van der Waals surface area contributed by atoms with Crippen LogP contribution in [-0.2, 0) is 52.8 Å². The number of aliphatic hydroxyl groups is 1. The average molecular weight is 931 g/mol. The van der Waals surface area contributed by atoms with Gasteiger partial charge in [0.1, 0.15) is 18.6 Å². The zero-order valence-corrected chi connectivity index (χ0v) is 40.6. The van der Waals surface area contributed by atoms with E-state index in [-0.39, 0.29) is 63.2 Å². The van der Waals surface area contributed by atoms with Gasteiger partial charge in [0.15, 0.2) is 0 Å². The SMILES string of the molecule is C=CC(=O)N1CC[C@H](C(=O)N(C)[C@H](C(=O)N[C@H]2Cc3cccc(c3)-c3ccc4c(c3)c(c(/C(C=C)=C(/N=C\C)[C@H](C)OC)n4CC#N)CC(C)(C)COC(=O)[C@@]3(O)CCCN(N3)C2=O)C(C)C)C1. The van der Waals surface area contributed by atoms with Crippen LogP contribution in [0.2, 0.25) is 0 Å². The first-order valence-corrected chi connectivity index (χ1v) is 23.3. The van der Waals surface area contributed by atoms with Gasteiger partial charge in [-0.3, -0.25) is 29.2 Å². The zero-order valence-electron chi connectivity index (χ0n) is 40.6. The fraction of sp³-hybridized carbons (Fsp3) is 0.481. The topological polar surface area (TPSA) is 199 Å². The first kappa shape index (κ1) is 51.0. The van der Waals surface area contributed by atoms with Crippen LogP contribution in [0.4, 0.5) is 0 Å². The predicted molar refractivity (Wildman–Crippen MR) is 260 cm³/mol. The van der Waals surface area contributed by atoms with Crippen LogP contribution in [0.15, 0.2) is 78.5 Å². The molecule has 3 aromatic rings. The van der Waals surface area contributed by atoms with E-state index >= 15 is 0 Å². The normalized spacial score (nSPS) is 22.2. The second kappa shape index (κ2) is 21.3. The Morgan fingerprint density at radius 1 is 1.12 bits per heavy atom. The molecule has 4 heterocycles.